The zero-order valence-corrected chi connectivity index (χ0v) is 76.5. The first-order valence-corrected chi connectivity index (χ1v) is 43.9. The molecular formula is C96H110BClN20O10. The van der Waals surface area contributed by atoms with Crippen molar-refractivity contribution in [1.29, 1.82) is 0 Å². The third kappa shape index (κ3) is 19.5. The van der Waals surface area contributed by atoms with E-state index in [1.807, 2.05) is 167 Å². The van der Waals surface area contributed by atoms with Gasteiger partial charge in [-0.05, 0) is 205 Å². The topological polar surface area (TPSA) is 342 Å². The van der Waals surface area contributed by atoms with Crippen LogP contribution in [0.15, 0.2) is 171 Å². The van der Waals surface area contributed by atoms with Crippen molar-refractivity contribution in [2.75, 3.05) is 15.1 Å². The molecule has 30 nitrogen and oxygen atoms in total. The fourth-order valence-electron chi connectivity index (χ4n) is 17.1. The van der Waals surface area contributed by atoms with E-state index in [-0.39, 0.29) is 29.1 Å². The molecule has 11 aromatic heterocycles. The third-order valence-corrected chi connectivity index (χ3v) is 22.9. The quantitative estimate of drug-likeness (QED) is 0.0581. The largest absolute Gasteiger partial charge is 0.491 e. The Morgan fingerprint density at radius 2 is 0.898 bits per heavy atom. The molecule has 14 aromatic rings. The van der Waals surface area contributed by atoms with E-state index in [2.05, 4.69) is 117 Å². The van der Waals surface area contributed by atoms with Gasteiger partial charge >= 0.3 is 31.5 Å². The number of rotatable bonds is 12. The highest BCUT2D eigenvalue weighted by Gasteiger charge is 2.42. The number of halogens is 1. The molecule has 0 saturated carbocycles. The number of hydrogen-bond donors (Lipinski definition) is 3. The van der Waals surface area contributed by atoms with Crippen molar-refractivity contribution in [2.45, 2.75) is 247 Å². The minimum absolute atomic E-state index is 0.145. The number of nitrogens with zero attached hydrogens (tertiary/aromatic N) is 19. The molecule has 18 rings (SSSR count). The van der Waals surface area contributed by atoms with E-state index in [0.717, 1.165) is 115 Å². The van der Waals surface area contributed by atoms with Gasteiger partial charge in [0.1, 0.15) is 64.0 Å². The Labute approximate surface area is 748 Å². The lowest BCUT2D eigenvalue weighted by Gasteiger charge is -2.36. The van der Waals surface area contributed by atoms with Gasteiger partial charge in [0.05, 0.1) is 41.0 Å². The Balaban J connectivity index is 0.000000142. The van der Waals surface area contributed by atoms with E-state index in [1.54, 1.807) is 64.5 Å². The van der Waals surface area contributed by atoms with Crippen molar-refractivity contribution in [3.8, 4) is 22.5 Å². The molecule has 0 saturated heterocycles. The molecular weight excluding hydrogens is 1640 g/mol. The maximum atomic E-state index is 14.3. The first-order chi connectivity index (χ1) is 60.8. The fraction of sp³-hybridized carbons (Fsp3) is 0.396. The highest BCUT2D eigenvalue weighted by molar-refractivity contribution is 6.58. The van der Waals surface area contributed by atoms with Crippen molar-refractivity contribution in [3.63, 3.8) is 0 Å². The van der Waals surface area contributed by atoms with E-state index >= 15 is 0 Å². The molecule has 3 N–H and O–H groups in total. The first-order valence-electron chi connectivity index (χ1n) is 43.6. The number of carbonyl (C=O) groups is 4. The lowest BCUT2D eigenvalue weighted by Crippen LogP contribution is -2.47. The molecule has 128 heavy (non-hydrogen) atoms. The maximum absolute atomic E-state index is 14.3. The van der Waals surface area contributed by atoms with Crippen molar-refractivity contribution < 1.29 is 48.2 Å². The number of anilines is 3. The number of allylic oxidation sites excluding steroid dienone is 1. The average Bonchev–Trinajstić information content (AvgIpc) is 1.57. The molecule has 3 aromatic carbocycles. The summed E-state index contributed by atoms with van der Waals surface area (Å²) < 4.78 is 32.3. The van der Waals surface area contributed by atoms with E-state index in [9.17, 15) is 19.2 Å². The summed E-state index contributed by atoms with van der Waals surface area (Å²) in [4.78, 5) is 96.8. The monoisotopic (exact) mass is 1750 g/mol. The number of amides is 2. The van der Waals surface area contributed by atoms with Crippen LogP contribution in [0.2, 0.25) is 5.15 Å². The summed E-state index contributed by atoms with van der Waals surface area (Å²) in [5, 5.41) is 37.0. The average molecular weight is 1750 g/mol. The summed E-state index contributed by atoms with van der Waals surface area (Å²) >= 11 is 6.54. The van der Waals surface area contributed by atoms with Crippen LogP contribution < -0.4 is 20.6 Å². The lowest BCUT2D eigenvalue weighted by atomic mass is 9.83. The zero-order chi connectivity index (χ0) is 91.2. The van der Waals surface area contributed by atoms with Gasteiger partial charge in [0, 0.05) is 129 Å². The molecule has 4 aliphatic carbocycles. The molecule has 0 spiro atoms. The molecule has 4 aliphatic rings. The van der Waals surface area contributed by atoms with E-state index in [0.29, 0.717) is 84.6 Å². The predicted octanol–water partition coefficient (Wildman–Crippen LogP) is 18.3. The number of aromatic nitrogens is 17. The summed E-state index contributed by atoms with van der Waals surface area (Å²) in [6, 6.07) is 29.9. The van der Waals surface area contributed by atoms with Crippen LogP contribution in [0.25, 0.3) is 66.8 Å². The molecule has 0 bridgehead atoms. The van der Waals surface area contributed by atoms with Crippen LogP contribution in [0.1, 0.15) is 225 Å². The summed E-state index contributed by atoms with van der Waals surface area (Å²) in [6.07, 6.45) is 25.5. The number of carbonyl (C=O) groups excluding carboxylic acids is 4. The number of hydrogen-bond acceptors (Lipinski definition) is 23. The smallest absolute Gasteiger partial charge is 0.443 e. The van der Waals surface area contributed by atoms with E-state index in [4.69, 9.17) is 60.8 Å². The van der Waals surface area contributed by atoms with Gasteiger partial charge in [-0.15, -0.1) is 0 Å². The summed E-state index contributed by atoms with van der Waals surface area (Å²) in [5.41, 5.74) is 17.3. The molecule has 0 fully saturated rings. The van der Waals surface area contributed by atoms with Gasteiger partial charge < -0.3 is 34.3 Å². The number of para-hydroxylation sites is 2. The summed E-state index contributed by atoms with van der Waals surface area (Å²) in [7, 11) is -1.47. The lowest BCUT2D eigenvalue weighted by molar-refractivity contribution is 0.0525. The van der Waals surface area contributed by atoms with Crippen LogP contribution in [0.5, 0.6) is 0 Å². The molecule has 11 heterocycles. The van der Waals surface area contributed by atoms with Gasteiger partial charge in [-0.25, -0.2) is 73.2 Å². The van der Waals surface area contributed by atoms with Crippen LogP contribution >= 0.6 is 11.6 Å². The standard InChI is InChI=1S/C35H41N7O4.C31H38ClN5O4.C26H26N6.C4H5BN2O2/c1-21(2)26-19-38-42-30(16-27(39-31(26)42)22-17-36-20-37-18-22)40(32(43)45-34(3,4)5)23-13-14-29-25(15-23)24-11-9-10-12-28(24)41(29)33(44)46-35(6,7)8;1-18(2)22-17-33-37-26(16-25(32)34-27(22)37)35(28(38)40-30(3,4)5)19-13-14-24-21(15-19)20-11-9-10-12-23(20)36(24)29(39)41-31(6,7)8;1-16(2)23-14-29-32-25(11-24(31-26(23)32)19-12-27-15-28-13-19)30-20-8-7-18-9-17-5-3-4-6-21(17)22(18)10-20;8-5(9)4-1-6-3-7-2-4/h9-12,16-21,23H,13-15H2,1-8H3;9-12,16-19H,13-15H2,1-8H3;3-6,11-16,20,30H,7-10H2,1-2H3;1-3,8-9H/t23-;19-;20-;/m111./s1. The molecule has 0 radical (unpaired) electrons. The number of benzene rings is 3. The van der Waals surface area contributed by atoms with Gasteiger partial charge in [-0.3, -0.25) is 9.80 Å². The van der Waals surface area contributed by atoms with Crippen molar-refractivity contribution in [3.05, 3.63) is 227 Å². The summed E-state index contributed by atoms with van der Waals surface area (Å²) in [6.45, 7) is 34.9. The van der Waals surface area contributed by atoms with Crippen molar-refractivity contribution in [2.24, 2.45) is 0 Å². The third-order valence-electron chi connectivity index (χ3n) is 22.7. The van der Waals surface area contributed by atoms with Crippen molar-refractivity contribution >= 4 is 110 Å². The molecule has 2 amide bonds. The number of ether oxygens (including phenoxy) is 4. The fourth-order valence-corrected chi connectivity index (χ4v) is 17.3. The van der Waals surface area contributed by atoms with Crippen LogP contribution in [0.4, 0.5) is 36.6 Å². The normalized spacial score (nSPS) is 15.6. The van der Waals surface area contributed by atoms with Crippen molar-refractivity contribution in [1.82, 2.24) is 82.8 Å². The summed E-state index contributed by atoms with van der Waals surface area (Å²) in [5.74, 6) is 2.65. The highest BCUT2D eigenvalue weighted by Crippen LogP contribution is 2.45. The van der Waals surface area contributed by atoms with Gasteiger partial charge in [0.2, 0.25) is 0 Å². The molecule has 664 valence electrons. The Kier molecular flexibility index (Phi) is 25.6. The molecule has 0 unspecified atom stereocenters. The first kappa shape index (κ1) is 89.9. The van der Waals surface area contributed by atoms with Crippen LogP contribution in [0.3, 0.4) is 0 Å². The Morgan fingerprint density at radius 3 is 1.35 bits per heavy atom. The second-order valence-electron chi connectivity index (χ2n) is 37.7. The van der Waals surface area contributed by atoms with Gasteiger partial charge in [0.25, 0.3) is 0 Å². The minimum atomic E-state index is -1.47. The SMILES string of the molecule is CC(C)c1cnn2c(N(C(=O)OC(C)(C)C)[C@@H]3CCc4c(c5ccccc5n4C(=O)OC(C)(C)C)C3)cc(-c3cncnc3)nc12.CC(C)c1cnn2c(N(C(=O)OC(C)(C)C)[C@@H]3CCc4c(c5ccccc5n4C(=O)OC(C)(C)C)C3)cc(Cl)nc12.CC(C)c1cnn2c(N[C@@H]3CCC4=C(C3)c3ccccc3C4)cc(-c3cncnc3)nc12.OB(O)c1cncnc1. The predicted molar refractivity (Wildman–Crippen MR) is 495 cm³/mol. The van der Waals surface area contributed by atoms with Crippen LogP contribution in [0, 0.1) is 0 Å². The number of fused-ring (bicyclic) bond motifs is 11. The Hall–Kier alpha value is -12.9. The number of nitrogens with one attached hydrogen (secondary N) is 1. The van der Waals surface area contributed by atoms with Gasteiger partial charge in [-0.2, -0.15) is 28.8 Å². The van der Waals surface area contributed by atoms with Crippen LogP contribution in [-0.2, 0) is 51.1 Å². The Bertz CT molecular complexity index is 6490. The highest BCUT2D eigenvalue weighted by atomic mass is 35.5. The second-order valence-corrected chi connectivity index (χ2v) is 38.1. The molecule has 3 atom stereocenters. The van der Waals surface area contributed by atoms with Gasteiger partial charge in [-0.1, -0.05) is 119 Å². The van der Waals surface area contributed by atoms with E-state index in [1.165, 1.54) is 41.7 Å². The maximum Gasteiger partial charge on any atom is 0.491 e. The molecule has 32 heteroatoms. The van der Waals surface area contributed by atoms with Crippen LogP contribution in [-0.4, -0.2) is 165 Å². The zero-order valence-electron chi connectivity index (χ0n) is 75.7. The minimum Gasteiger partial charge on any atom is -0.443 e. The Morgan fingerprint density at radius 1 is 0.484 bits per heavy atom. The van der Waals surface area contributed by atoms with E-state index < -0.39 is 53.9 Å². The molecule has 0 aliphatic heterocycles. The van der Waals surface area contributed by atoms with Gasteiger partial charge in [0.15, 0.2) is 16.9 Å². The second kappa shape index (κ2) is 36.5.